The molecule has 0 spiro atoms. The van der Waals surface area contributed by atoms with Crippen LogP contribution >= 0.6 is 23.2 Å². The lowest BCUT2D eigenvalue weighted by atomic mass is 9.92. The van der Waals surface area contributed by atoms with Gasteiger partial charge in [-0.25, -0.2) is 4.98 Å². The zero-order valence-corrected chi connectivity index (χ0v) is 14.6. The van der Waals surface area contributed by atoms with E-state index in [0.717, 1.165) is 25.7 Å². The number of rotatable bonds is 4. The SMILES string of the molecule is O=C(NC1CCC(Oc2ccccn2)CC1)c1cc(Cl)ccc1Cl. The molecule has 6 heteroatoms. The number of aromatic nitrogens is 1. The highest BCUT2D eigenvalue weighted by molar-refractivity contribution is 6.35. The van der Waals surface area contributed by atoms with Gasteiger partial charge in [0.25, 0.3) is 5.91 Å². The second kappa shape index (κ2) is 7.86. The number of hydrogen-bond donors (Lipinski definition) is 1. The lowest BCUT2D eigenvalue weighted by Gasteiger charge is -2.29. The molecule has 0 bridgehead atoms. The molecule has 126 valence electrons. The molecule has 1 saturated carbocycles. The van der Waals surface area contributed by atoms with Gasteiger partial charge in [-0.05, 0) is 49.9 Å². The van der Waals surface area contributed by atoms with Crippen LogP contribution in [0, 0.1) is 0 Å². The first-order valence-corrected chi connectivity index (χ1v) is 8.71. The second-order valence-corrected chi connectivity index (χ2v) is 6.70. The number of nitrogens with zero attached hydrogens (tertiary/aromatic N) is 1. The van der Waals surface area contributed by atoms with Gasteiger partial charge >= 0.3 is 0 Å². The van der Waals surface area contributed by atoms with Crippen LogP contribution in [0.15, 0.2) is 42.6 Å². The van der Waals surface area contributed by atoms with Crippen molar-refractivity contribution >= 4 is 29.1 Å². The van der Waals surface area contributed by atoms with Crippen LogP contribution in [0.3, 0.4) is 0 Å². The summed E-state index contributed by atoms with van der Waals surface area (Å²) >= 11 is 12.0. The zero-order chi connectivity index (χ0) is 16.9. The fourth-order valence-corrected chi connectivity index (χ4v) is 3.22. The van der Waals surface area contributed by atoms with Gasteiger partial charge in [-0.15, -0.1) is 0 Å². The molecule has 2 aromatic rings. The summed E-state index contributed by atoms with van der Waals surface area (Å²) in [6, 6.07) is 10.6. The summed E-state index contributed by atoms with van der Waals surface area (Å²) in [5.41, 5.74) is 0.413. The minimum atomic E-state index is -0.184. The van der Waals surface area contributed by atoms with Crippen molar-refractivity contribution in [2.75, 3.05) is 0 Å². The molecule has 1 N–H and O–H groups in total. The van der Waals surface area contributed by atoms with Crippen LogP contribution in [0.1, 0.15) is 36.0 Å². The number of benzene rings is 1. The normalized spacial score (nSPS) is 20.4. The Morgan fingerprint density at radius 2 is 1.92 bits per heavy atom. The minimum absolute atomic E-state index is 0.121. The molecule has 0 saturated heterocycles. The predicted molar refractivity (Wildman–Crippen MR) is 94.8 cm³/mol. The molecule has 0 radical (unpaired) electrons. The average Bonchev–Trinajstić information content (AvgIpc) is 2.59. The summed E-state index contributed by atoms with van der Waals surface area (Å²) in [6.45, 7) is 0. The first kappa shape index (κ1) is 17.1. The van der Waals surface area contributed by atoms with Crippen LogP contribution in [-0.2, 0) is 0 Å². The molecular weight excluding hydrogens is 347 g/mol. The quantitative estimate of drug-likeness (QED) is 0.868. The van der Waals surface area contributed by atoms with E-state index in [9.17, 15) is 4.79 Å². The summed E-state index contributed by atoms with van der Waals surface area (Å²) in [5, 5.41) is 3.94. The molecule has 1 aliphatic carbocycles. The van der Waals surface area contributed by atoms with Gasteiger partial charge in [-0.1, -0.05) is 29.3 Å². The van der Waals surface area contributed by atoms with Gasteiger partial charge < -0.3 is 10.1 Å². The highest BCUT2D eigenvalue weighted by atomic mass is 35.5. The van der Waals surface area contributed by atoms with E-state index in [1.807, 2.05) is 18.2 Å². The molecule has 1 aromatic heterocycles. The molecule has 0 aliphatic heterocycles. The number of ether oxygens (including phenoxy) is 1. The Hall–Kier alpha value is -1.78. The van der Waals surface area contributed by atoms with Crippen LogP contribution in [0.2, 0.25) is 10.0 Å². The zero-order valence-electron chi connectivity index (χ0n) is 13.0. The molecule has 1 amide bonds. The highest BCUT2D eigenvalue weighted by Gasteiger charge is 2.24. The van der Waals surface area contributed by atoms with E-state index in [2.05, 4.69) is 10.3 Å². The molecule has 4 nitrogen and oxygen atoms in total. The van der Waals surface area contributed by atoms with Gasteiger partial charge in [0.15, 0.2) is 0 Å². The van der Waals surface area contributed by atoms with Crippen LogP contribution < -0.4 is 10.1 Å². The number of hydrogen-bond acceptors (Lipinski definition) is 3. The number of carbonyl (C=O) groups is 1. The van der Waals surface area contributed by atoms with Gasteiger partial charge in [-0.2, -0.15) is 0 Å². The summed E-state index contributed by atoms with van der Waals surface area (Å²) in [5.74, 6) is 0.465. The van der Waals surface area contributed by atoms with Crippen LogP contribution in [0.5, 0.6) is 5.88 Å². The first-order valence-electron chi connectivity index (χ1n) is 7.95. The number of amides is 1. The Bertz CT molecular complexity index is 701. The molecule has 24 heavy (non-hydrogen) atoms. The lowest BCUT2D eigenvalue weighted by molar-refractivity contribution is 0.0890. The van der Waals surface area contributed by atoms with E-state index in [-0.39, 0.29) is 18.1 Å². The molecule has 0 unspecified atom stereocenters. The van der Waals surface area contributed by atoms with Crippen molar-refractivity contribution in [2.24, 2.45) is 0 Å². The summed E-state index contributed by atoms with van der Waals surface area (Å²) in [4.78, 5) is 16.5. The van der Waals surface area contributed by atoms with Crippen molar-refractivity contribution in [1.29, 1.82) is 0 Å². The maximum Gasteiger partial charge on any atom is 0.253 e. The summed E-state index contributed by atoms with van der Waals surface area (Å²) in [7, 11) is 0. The van der Waals surface area contributed by atoms with E-state index in [1.54, 1.807) is 24.4 Å². The third-order valence-electron chi connectivity index (χ3n) is 4.11. The van der Waals surface area contributed by atoms with Crippen LogP contribution in [0.4, 0.5) is 0 Å². The van der Waals surface area contributed by atoms with Crippen molar-refractivity contribution in [3.63, 3.8) is 0 Å². The van der Waals surface area contributed by atoms with Crippen molar-refractivity contribution < 1.29 is 9.53 Å². The smallest absolute Gasteiger partial charge is 0.253 e. The molecule has 1 aromatic carbocycles. The van der Waals surface area contributed by atoms with Crippen molar-refractivity contribution in [3.8, 4) is 5.88 Å². The van der Waals surface area contributed by atoms with Crippen LogP contribution in [0.25, 0.3) is 0 Å². The Morgan fingerprint density at radius 1 is 1.12 bits per heavy atom. The van der Waals surface area contributed by atoms with Gasteiger partial charge in [0.05, 0.1) is 10.6 Å². The Balaban J connectivity index is 1.52. The number of halogens is 2. The standard InChI is InChI=1S/C18H18Cl2N2O2/c19-12-4-9-16(20)15(11-12)18(23)22-13-5-7-14(8-6-13)24-17-3-1-2-10-21-17/h1-4,9-11,13-14H,5-8H2,(H,22,23). The Morgan fingerprint density at radius 3 is 2.62 bits per heavy atom. The molecule has 0 atom stereocenters. The van der Waals surface area contributed by atoms with E-state index in [4.69, 9.17) is 27.9 Å². The lowest BCUT2D eigenvalue weighted by Crippen LogP contribution is -2.39. The molecular formula is C18H18Cl2N2O2. The van der Waals surface area contributed by atoms with Gasteiger partial charge in [0, 0.05) is 23.3 Å². The van der Waals surface area contributed by atoms with Gasteiger partial charge in [0.2, 0.25) is 5.88 Å². The molecule has 3 rings (SSSR count). The fourth-order valence-electron chi connectivity index (χ4n) is 2.85. The number of carbonyl (C=O) groups excluding carboxylic acids is 1. The van der Waals surface area contributed by atoms with E-state index in [1.165, 1.54) is 0 Å². The number of pyridine rings is 1. The van der Waals surface area contributed by atoms with Gasteiger partial charge in [0.1, 0.15) is 6.10 Å². The Labute approximate surface area is 151 Å². The fraction of sp³-hybridized carbons (Fsp3) is 0.333. The maximum absolute atomic E-state index is 12.4. The third kappa shape index (κ3) is 4.40. The van der Waals surface area contributed by atoms with Crippen molar-refractivity contribution in [1.82, 2.24) is 10.3 Å². The minimum Gasteiger partial charge on any atom is -0.474 e. The molecule has 1 heterocycles. The van der Waals surface area contributed by atoms with Gasteiger partial charge in [-0.3, -0.25) is 4.79 Å². The predicted octanol–water partition coefficient (Wildman–Crippen LogP) is 4.51. The number of nitrogens with one attached hydrogen (secondary N) is 1. The Kier molecular flexibility index (Phi) is 5.59. The van der Waals surface area contributed by atoms with E-state index >= 15 is 0 Å². The van der Waals surface area contributed by atoms with Crippen molar-refractivity contribution in [2.45, 2.75) is 37.8 Å². The largest absolute Gasteiger partial charge is 0.474 e. The third-order valence-corrected chi connectivity index (χ3v) is 4.67. The van der Waals surface area contributed by atoms with E-state index < -0.39 is 0 Å². The topological polar surface area (TPSA) is 51.2 Å². The molecule has 1 aliphatic rings. The average molecular weight is 365 g/mol. The first-order chi connectivity index (χ1) is 11.6. The molecule has 1 fully saturated rings. The summed E-state index contributed by atoms with van der Waals surface area (Å²) < 4.78 is 5.87. The van der Waals surface area contributed by atoms with Crippen LogP contribution in [-0.4, -0.2) is 23.0 Å². The van der Waals surface area contributed by atoms with Crippen molar-refractivity contribution in [3.05, 3.63) is 58.2 Å². The van der Waals surface area contributed by atoms with E-state index in [0.29, 0.717) is 21.5 Å². The maximum atomic E-state index is 12.4. The second-order valence-electron chi connectivity index (χ2n) is 5.86. The summed E-state index contributed by atoms with van der Waals surface area (Å²) in [6.07, 6.45) is 5.34. The monoisotopic (exact) mass is 364 g/mol. The highest BCUT2D eigenvalue weighted by Crippen LogP contribution is 2.24.